The molecule has 1 aliphatic rings. The number of aromatic nitrogens is 2. The van der Waals surface area contributed by atoms with Gasteiger partial charge in [-0.25, -0.2) is 0 Å². The lowest BCUT2D eigenvalue weighted by molar-refractivity contribution is 0.660. The van der Waals surface area contributed by atoms with Gasteiger partial charge < -0.3 is 0 Å². The van der Waals surface area contributed by atoms with Crippen LogP contribution in [0, 0.1) is 6.92 Å². The van der Waals surface area contributed by atoms with Crippen LogP contribution in [-0.2, 0) is 5.41 Å². The molecule has 5 aromatic rings. The van der Waals surface area contributed by atoms with E-state index < -0.39 is 0 Å². The molecule has 0 radical (unpaired) electrons. The van der Waals surface area contributed by atoms with Crippen LogP contribution in [-0.4, -0.2) is 9.97 Å². The summed E-state index contributed by atoms with van der Waals surface area (Å²) in [5.74, 6) is 0. The van der Waals surface area contributed by atoms with Crippen molar-refractivity contribution in [1.82, 2.24) is 9.97 Å². The van der Waals surface area contributed by atoms with Crippen LogP contribution in [0.4, 0.5) is 0 Å². The third-order valence-electron chi connectivity index (χ3n) is 6.61. The molecule has 0 fully saturated rings. The van der Waals surface area contributed by atoms with E-state index in [4.69, 9.17) is 9.97 Å². The summed E-state index contributed by atoms with van der Waals surface area (Å²) in [6.07, 6.45) is 1.92. The summed E-state index contributed by atoms with van der Waals surface area (Å²) in [5, 5.41) is 3.54. The minimum absolute atomic E-state index is 0.0242. The summed E-state index contributed by atoms with van der Waals surface area (Å²) in [5.41, 5.74) is 9.73. The molecule has 0 amide bonds. The number of hydrogen-bond donors (Lipinski definition) is 0. The number of nitrogens with zero attached hydrogens (tertiary/aromatic N) is 2. The summed E-state index contributed by atoms with van der Waals surface area (Å²) in [7, 11) is 0. The van der Waals surface area contributed by atoms with Gasteiger partial charge in [0.15, 0.2) is 0 Å². The van der Waals surface area contributed by atoms with Crippen LogP contribution >= 0.6 is 0 Å². The lowest BCUT2D eigenvalue weighted by Crippen LogP contribution is -2.14. The SMILES string of the molecule is Cc1ccc2c(ccc3c(-c4ccc5c(c4)-c4ccccc4C5(C)C)nccc32)n1. The Morgan fingerprint density at radius 2 is 1.50 bits per heavy atom. The topological polar surface area (TPSA) is 25.8 Å². The zero-order chi connectivity index (χ0) is 20.5. The summed E-state index contributed by atoms with van der Waals surface area (Å²) in [6.45, 7) is 6.66. The number of hydrogen-bond acceptors (Lipinski definition) is 2. The molecule has 6 rings (SSSR count). The fourth-order valence-corrected chi connectivity index (χ4v) is 5.07. The summed E-state index contributed by atoms with van der Waals surface area (Å²) < 4.78 is 0. The Hall–Kier alpha value is -3.52. The Kier molecular flexibility index (Phi) is 3.47. The lowest BCUT2D eigenvalue weighted by atomic mass is 9.82. The molecule has 144 valence electrons. The highest BCUT2D eigenvalue weighted by molar-refractivity contribution is 6.10. The first-order valence-corrected chi connectivity index (χ1v) is 10.4. The van der Waals surface area contributed by atoms with Gasteiger partial charge in [-0.3, -0.25) is 9.97 Å². The van der Waals surface area contributed by atoms with Crippen molar-refractivity contribution in [2.45, 2.75) is 26.2 Å². The normalized spacial score (nSPS) is 14.1. The summed E-state index contributed by atoms with van der Waals surface area (Å²) >= 11 is 0. The number of aryl methyl sites for hydroxylation is 1. The molecule has 0 atom stereocenters. The van der Waals surface area contributed by atoms with Crippen molar-refractivity contribution in [3.8, 4) is 22.4 Å². The van der Waals surface area contributed by atoms with E-state index in [0.29, 0.717) is 0 Å². The fraction of sp³-hybridized carbons (Fsp3) is 0.143. The van der Waals surface area contributed by atoms with Crippen molar-refractivity contribution >= 4 is 21.7 Å². The average molecular weight is 386 g/mol. The van der Waals surface area contributed by atoms with Crippen LogP contribution in [0.25, 0.3) is 44.1 Å². The smallest absolute Gasteiger partial charge is 0.0780 e. The first kappa shape index (κ1) is 17.3. The Morgan fingerprint density at radius 1 is 0.700 bits per heavy atom. The van der Waals surface area contributed by atoms with Crippen molar-refractivity contribution in [2.24, 2.45) is 0 Å². The van der Waals surface area contributed by atoms with Gasteiger partial charge in [0.2, 0.25) is 0 Å². The summed E-state index contributed by atoms with van der Waals surface area (Å²) in [4.78, 5) is 9.49. The van der Waals surface area contributed by atoms with Gasteiger partial charge in [0.05, 0.1) is 11.2 Å². The second-order valence-corrected chi connectivity index (χ2v) is 8.77. The molecule has 0 N–H and O–H groups in total. The molecule has 2 nitrogen and oxygen atoms in total. The largest absolute Gasteiger partial charge is 0.256 e. The van der Waals surface area contributed by atoms with E-state index in [1.54, 1.807) is 0 Å². The molecule has 0 saturated carbocycles. The predicted octanol–water partition coefficient (Wildman–Crippen LogP) is 7.06. The van der Waals surface area contributed by atoms with Crippen molar-refractivity contribution < 1.29 is 0 Å². The number of benzene rings is 3. The first-order chi connectivity index (χ1) is 14.5. The van der Waals surface area contributed by atoms with Crippen LogP contribution < -0.4 is 0 Å². The van der Waals surface area contributed by atoms with Gasteiger partial charge in [0, 0.05) is 33.6 Å². The third-order valence-corrected chi connectivity index (χ3v) is 6.61. The van der Waals surface area contributed by atoms with Gasteiger partial charge in [-0.05, 0) is 64.9 Å². The molecule has 0 saturated heterocycles. The molecule has 0 unspecified atom stereocenters. The molecule has 3 aromatic carbocycles. The predicted molar refractivity (Wildman–Crippen MR) is 125 cm³/mol. The molecular formula is C28H22N2. The molecule has 30 heavy (non-hydrogen) atoms. The summed E-state index contributed by atoms with van der Waals surface area (Å²) in [6, 6.07) is 26.2. The van der Waals surface area contributed by atoms with Gasteiger partial charge >= 0.3 is 0 Å². The van der Waals surface area contributed by atoms with Crippen LogP contribution in [0.15, 0.2) is 79.0 Å². The monoisotopic (exact) mass is 386 g/mol. The van der Waals surface area contributed by atoms with Crippen LogP contribution in [0.2, 0.25) is 0 Å². The van der Waals surface area contributed by atoms with Gasteiger partial charge in [0.25, 0.3) is 0 Å². The maximum Gasteiger partial charge on any atom is 0.0780 e. The van der Waals surface area contributed by atoms with E-state index in [0.717, 1.165) is 22.5 Å². The van der Waals surface area contributed by atoms with E-state index in [2.05, 4.69) is 86.6 Å². The highest BCUT2D eigenvalue weighted by Gasteiger charge is 2.35. The second kappa shape index (κ2) is 5.99. The van der Waals surface area contributed by atoms with Gasteiger partial charge in [-0.15, -0.1) is 0 Å². The van der Waals surface area contributed by atoms with E-state index in [-0.39, 0.29) is 5.41 Å². The van der Waals surface area contributed by atoms with E-state index in [1.165, 1.54) is 38.4 Å². The Bertz CT molecular complexity index is 1480. The van der Waals surface area contributed by atoms with Crippen LogP contribution in [0.5, 0.6) is 0 Å². The minimum atomic E-state index is 0.0242. The molecule has 2 aromatic heterocycles. The third kappa shape index (κ3) is 2.31. The molecular weight excluding hydrogens is 364 g/mol. The van der Waals surface area contributed by atoms with Crippen molar-refractivity contribution in [3.05, 3.63) is 95.8 Å². The molecule has 0 aliphatic heterocycles. The van der Waals surface area contributed by atoms with Crippen molar-refractivity contribution in [2.75, 3.05) is 0 Å². The molecule has 0 spiro atoms. The highest BCUT2D eigenvalue weighted by Crippen LogP contribution is 2.49. The lowest BCUT2D eigenvalue weighted by Gasteiger charge is -2.21. The second-order valence-electron chi connectivity index (χ2n) is 8.77. The van der Waals surface area contributed by atoms with Gasteiger partial charge in [-0.2, -0.15) is 0 Å². The van der Waals surface area contributed by atoms with Gasteiger partial charge in [0.1, 0.15) is 0 Å². The quantitative estimate of drug-likeness (QED) is 0.288. The van der Waals surface area contributed by atoms with Crippen molar-refractivity contribution in [1.29, 1.82) is 0 Å². The average Bonchev–Trinajstić information content (AvgIpc) is 3.00. The molecule has 2 heterocycles. The maximum atomic E-state index is 4.80. The highest BCUT2D eigenvalue weighted by atomic mass is 14.7. The van der Waals surface area contributed by atoms with E-state index >= 15 is 0 Å². The first-order valence-electron chi connectivity index (χ1n) is 10.4. The fourth-order valence-electron chi connectivity index (χ4n) is 5.07. The van der Waals surface area contributed by atoms with Crippen LogP contribution in [0.3, 0.4) is 0 Å². The number of rotatable bonds is 1. The Morgan fingerprint density at radius 3 is 2.40 bits per heavy atom. The van der Waals surface area contributed by atoms with E-state index in [9.17, 15) is 0 Å². The van der Waals surface area contributed by atoms with Crippen molar-refractivity contribution in [3.63, 3.8) is 0 Å². The van der Waals surface area contributed by atoms with Crippen LogP contribution in [0.1, 0.15) is 30.7 Å². The minimum Gasteiger partial charge on any atom is -0.256 e. The zero-order valence-corrected chi connectivity index (χ0v) is 17.4. The molecule has 2 heteroatoms. The standard InChI is InChI=1S/C28H22N2/c1-17-8-10-21-19-14-15-29-27(22(19)11-13-26(21)30-17)18-9-12-25-23(16-18)20-6-4-5-7-24(20)28(25,2)3/h4-16H,1-3H3. The number of fused-ring (bicyclic) bond motifs is 6. The Labute approximate surface area is 176 Å². The molecule has 0 bridgehead atoms. The zero-order valence-electron chi connectivity index (χ0n) is 17.4. The van der Waals surface area contributed by atoms with E-state index in [1.807, 2.05) is 13.1 Å². The molecule has 1 aliphatic carbocycles. The number of pyridine rings is 2. The van der Waals surface area contributed by atoms with Gasteiger partial charge in [-0.1, -0.05) is 56.3 Å². The Balaban J connectivity index is 1.61. The maximum absolute atomic E-state index is 4.80.